The van der Waals surface area contributed by atoms with Crippen LogP contribution in [0.3, 0.4) is 0 Å². The molecule has 0 saturated heterocycles. The normalized spacial score (nSPS) is 10.9. The fourth-order valence-corrected chi connectivity index (χ4v) is 3.13. The van der Waals surface area contributed by atoms with Gasteiger partial charge in [-0.3, -0.25) is 4.79 Å². The summed E-state index contributed by atoms with van der Waals surface area (Å²) in [6.07, 6.45) is 0. The number of anilines is 1. The zero-order valence-electron chi connectivity index (χ0n) is 14.3. The number of rotatable bonds is 3. The molecule has 0 radical (unpaired) electrons. The van der Waals surface area contributed by atoms with E-state index in [0.29, 0.717) is 43.9 Å². The second-order valence-corrected chi connectivity index (χ2v) is 6.94. The van der Waals surface area contributed by atoms with E-state index in [-0.39, 0.29) is 5.91 Å². The minimum absolute atomic E-state index is 0.225. The third kappa shape index (κ3) is 3.54. The first-order valence-corrected chi connectivity index (χ1v) is 9.00. The van der Waals surface area contributed by atoms with Crippen LogP contribution in [0.2, 0.25) is 10.0 Å². The van der Waals surface area contributed by atoms with Gasteiger partial charge in [-0.1, -0.05) is 41.4 Å². The molecule has 0 unspecified atom stereocenters. The summed E-state index contributed by atoms with van der Waals surface area (Å²) in [6, 6.07) is 17.8. The van der Waals surface area contributed by atoms with E-state index < -0.39 is 0 Å². The molecule has 6 heteroatoms. The lowest BCUT2D eigenvalue weighted by Gasteiger charge is -2.10. The highest BCUT2D eigenvalue weighted by molar-refractivity contribution is 6.34. The van der Waals surface area contributed by atoms with Crippen molar-refractivity contribution >= 4 is 45.9 Å². The van der Waals surface area contributed by atoms with E-state index in [1.807, 2.05) is 25.1 Å². The Hall–Kier alpha value is -2.82. The van der Waals surface area contributed by atoms with Crippen molar-refractivity contribution in [1.29, 1.82) is 0 Å². The van der Waals surface area contributed by atoms with Crippen molar-refractivity contribution in [2.24, 2.45) is 0 Å². The van der Waals surface area contributed by atoms with Crippen LogP contribution in [-0.2, 0) is 0 Å². The number of nitrogens with zero attached hydrogens (tertiary/aromatic N) is 1. The van der Waals surface area contributed by atoms with Crippen LogP contribution < -0.4 is 5.32 Å². The van der Waals surface area contributed by atoms with Gasteiger partial charge in [0.05, 0.1) is 10.7 Å². The van der Waals surface area contributed by atoms with Crippen molar-refractivity contribution in [3.63, 3.8) is 0 Å². The van der Waals surface area contributed by atoms with Gasteiger partial charge >= 0.3 is 0 Å². The number of oxazole rings is 1. The number of aryl methyl sites for hydroxylation is 1. The molecule has 0 fully saturated rings. The second-order valence-electron chi connectivity index (χ2n) is 6.09. The molecule has 3 aromatic carbocycles. The van der Waals surface area contributed by atoms with Crippen LogP contribution in [0.1, 0.15) is 15.9 Å². The average Bonchev–Trinajstić information content (AvgIpc) is 3.07. The van der Waals surface area contributed by atoms with Gasteiger partial charge in [-0.25, -0.2) is 4.98 Å². The highest BCUT2D eigenvalue weighted by atomic mass is 35.5. The Balaban J connectivity index is 1.68. The maximum absolute atomic E-state index is 12.6. The van der Waals surface area contributed by atoms with Gasteiger partial charge < -0.3 is 9.73 Å². The van der Waals surface area contributed by atoms with Crippen LogP contribution in [0.25, 0.3) is 22.6 Å². The molecule has 134 valence electrons. The number of carbonyl (C=O) groups excluding carboxylic acids is 1. The quantitative estimate of drug-likeness (QED) is 0.438. The largest absolute Gasteiger partial charge is 0.436 e. The number of hydrogen-bond acceptors (Lipinski definition) is 3. The molecule has 0 saturated carbocycles. The highest BCUT2D eigenvalue weighted by Crippen LogP contribution is 2.31. The van der Waals surface area contributed by atoms with Crippen molar-refractivity contribution < 1.29 is 9.21 Å². The maximum atomic E-state index is 12.6. The molecule has 0 aliphatic heterocycles. The second kappa shape index (κ2) is 7.06. The van der Waals surface area contributed by atoms with E-state index in [1.165, 1.54) is 0 Å². The molecule has 1 N–H and O–H groups in total. The molecule has 0 bridgehead atoms. The number of amides is 1. The fraction of sp³-hybridized carbons (Fsp3) is 0.0476. The molecule has 0 aliphatic rings. The summed E-state index contributed by atoms with van der Waals surface area (Å²) < 4.78 is 5.79. The van der Waals surface area contributed by atoms with Crippen LogP contribution in [0.5, 0.6) is 0 Å². The zero-order chi connectivity index (χ0) is 19.0. The third-order valence-corrected chi connectivity index (χ3v) is 4.77. The molecule has 1 heterocycles. The van der Waals surface area contributed by atoms with E-state index >= 15 is 0 Å². The van der Waals surface area contributed by atoms with Crippen molar-refractivity contribution in [3.8, 4) is 11.5 Å². The predicted molar refractivity (Wildman–Crippen MR) is 109 cm³/mol. The van der Waals surface area contributed by atoms with Gasteiger partial charge in [-0.15, -0.1) is 0 Å². The smallest absolute Gasteiger partial charge is 0.255 e. The molecule has 0 spiro atoms. The first-order valence-electron chi connectivity index (χ1n) is 8.24. The van der Waals surface area contributed by atoms with Gasteiger partial charge in [-0.05, 0) is 55.0 Å². The van der Waals surface area contributed by atoms with Gasteiger partial charge in [0.2, 0.25) is 5.89 Å². The first kappa shape index (κ1) is 17.6. The van der Waals surface area contributed by atoms with Crippen molar-refractivity contribution in [3.05, 3.63) is 81.8 Å². The Labute approximate surface area is 165 Å². The summed E-state index contributed by atoms with van der Waals surface area (Å²) in [7, 11) is 0. The SMILES string of the molecule is Cc1ccccc1C(=O)Nc1cc(-c2nc3cc(Cl)ccc3o2)ccc1Cl. The zero-order valence-corrected chi connectivity index (χ0v) is 15.8. The maximum Gasteiger partial charge on any atom is 0.255 e. The van der Waals surface area contributed by atoms with E-state index in [9.17, 15) is 4.79 Å². The summed E-state index contributed by atoms with van der Waals surface area (Å²) in [5.74, 6) is 0.201. The van der Waals surface area contributed by atoms with E-state index in [1.54, 1.807) is 42.5 Å². The third-order valence-electron chi connectivity index (χ3n) is 4.20. The molecular formula is C21H14Cl2N2O2. The monoisotopic (exact) mass is 396 g/mol. The van der Waals surface area contributed by atoms with Crippen molar-refractivity contribution in [2.45, 2.75) is 6.92 Å². The van der Waals surface area contributed by atoms with Crippen LogP contribution in [-0.4, -0.2) is 10.9 Å². The molecule has 0 aliphatic carbocycles. The molecule has 4 aromatic rings. The lowest BCUT2D eigenvalue weighted by atomic mass is 10.1. The van der Waals surface area contributed by atoms with Gasteiger partial charge in [0.1, 0.15) is 5.52 Å². The van der Waals surface area contributed by atoms with E-state index in [4.69, 9.17) is 27.6 Å². The minimum Gasteiger partial charge on any atom is -0.436 e. The van der Waals surface area contributed by atoms with Crippen molar-refractivity contribution in [2.75, 3.05) is 5.32 Å². The Morgan fingerprint density at radius 1 is 1.04 bits per heavy atom. The molecule has 0 atom stereocenters. The topological polar surface area (TPSA) is 55.1 Å². The first-order chi connectivity index (χ1) is 13.0. The number of hydrogen-bond donors (Lipinski definition) is 1. The molecule has 1 aromatic heterocycles. The van der Waals surface area contributed by atoms with Crippen LogP contribution in [0, 0.1) is 6.92 Å². The molecule has 1 amide bonds. The predicted octanol–water partition coefficient (Wildman–Crippen LogP) is 6.36. The number of aromatic nitrogens is 1. The lowest BCUT2D eigenvalue weighted by Crippen LogP contribution is -2.13. The number of fused-ring (bicyclic) bond motifs is 1. The molecular weight excluding hydrogens is 383 g/mol. The summed E-state index contributed by atoms with van der Waals surface area (Å²) in [5, 5.41) is 3.88. The van der Waals surface area contributed by atoms with Crippen LogP contribution in [0.4, 0.5) is 5.69 Å². The summed E-state index contributed by atoms with van der Waals surface area (Å²) in [6.45, 7) is 1.89. The van der Waals surface area contributed by atoms with E-state index in [0.717, 1.165) is 5.56 Å². The fourth-order valence-electron chi connectivity index (χ4n) is 2.80. The number of benzene rings is 3. The van der Waals surface area contributed by atoms with Gasteiger partial charge in [0, 0.05) is 16.1 Å². The highest BCUT2D eigenvalue weighted by Gasteiger charge is 2.14. The number of nitrogens with one attached hydrogen (secondary N) is 1. The summed E-state index contributed by atoms with van der Waals surface area (Å²) in [4.78, 5) is 17.0. The van der Waals surface area contributed by atoms with Gasteiger partial charge in [0.15, 0.2) is 5.58 Å². The minimum atomic E-state index is -0.225. The summed E-state index contributed by atoms with van der Waals surface area (Å²) in [5.41, 5.74) is 3.97. The number of halogens is 2. The van der Waals surface area contributed by atoms with Crippen molar-refractivity contribution in [1.82, 2.24) is 4.98 Å². The molecule has 27 heavy (non-hydrogen) atoms. The molecule has 4 rings (SSSR count). The standard InChI is InChI=1S/C21H14Cl2N2O2/c1-12-4-2-3-5-15(12)20(26)24-17-10-13(6-8-16(17)23)21-25-18-11-14(22)7-9-19(18)27-21/h2-11H,1H3,(H,24,26). The Morgan fingerprint density at radius 3 is 2.67 bits per heavy atom. The average molecular weight is 397 g/mol. The van der Waals surface area contributed by atoms with E-state index in [2.05, 4.69) is 10.3 Å². The lowest BCUT2D eigenvalue weighted by molar-refractivity contribution is 0.102. The number of carbonyl (C=O) groups is 1. The Kier molecular flexibility index (Phi) is 4.60. The van der Waals surface area contributed by atoms with Gasteiger partial charge in [-0.2, -0.15) is 0 Å². The Morgan fingerprint density at radius 2 is 1.85 bits per heavy atom. The van der Waals surface area contributed by atoms with Gasteiger partial charge in [0.25, 0.3) is 5.91 Å². The summed E-state index contributed by atoms with van der Waals surface area (Å²) >= 11 is 12.3. The Bertz CT molecular complexity index is 1170. The molecule has 4 nitrogen and oxygen atoms in total. The van der Waals surface area contributed by atoms with Crippen LogP contribution >= 0.6 is 23.2 Å². The van der Waals surface area contributed by atoms with Crippen LogP contribution in [0.15, 0.2) is 65.1 Å².